The third kappa shape index (κ3) is 2.62. The summed E-state index contributed by atoms with van der Waals surface area (Å²) in [6.45, 7) is 1.88. The Balaban J connectivity index is 1.85. The largest absolute Gasteiger partial charge is 0.322 e. The predicted octanol–water partition coefficient (Wildman–Crippen LogP) is 2.64. The first-order valence-corrected chi connectivity index (χ1v) is 6.93. The van der Waals surface area contributed by atoms with Gasteiger partial charge in [0.25, 0.3) is 0 Å². The molecule has 0 aliphatic rings. The van der Waals surface area contributed by atoms with Gasteiger partial charge in [0.05, 0.1) is 16.3 Å². The maximum atomic E-state index is 6.23. The smallest absolute Gasteiger partial charge is 0.125 e. The molecule has 1 unspecified atom stereocenters. The van der Waals surface area contributed by atoms with Gasteiger partial charge in [0, 0.05) is 18.3 Å². The number of aryl methyl sites for hydroxylation is 1. The monoisotopic (exact) mass is 270 g/mol. The van der Waals surface area contributed by atoms with Crippen LogP contribution in [0.1, 0.15) is 22.6 Å². The minimum absolute atomic E-state index is 0.119. The van der Waals surface area contributed by atoms with Crippen molar-refractivity contribution in [3.8, 4) is 0 Å². The van der Waals surface area contributed by atoms with Gasteiger partial charge in [-0.25, -0.2) is 15.0 Å². The van der Waals surface area contributed by atoms with Gasteiger partial charge in [0.15, 0.2) is 0 Å². The van der Waals surface area contributed by atoms with Crippen LogP contribution in [0.25, 0.3) is 10.2 Å². The summed E-state index contributed by atoms with van der Waals surface area (Å²) in [4.78, 5) is 13.0. The molecule has 3 rings (SSSR count). The van der Waals surface area contributed by atoms with E-state index in [1.54, 1.807) is 17.5 Å². The fourth-order valence-corrected chi connectivity index (χ4v) is 2.95. The summed E-state index contributed by atoms with van der Waals surface area (Å²) in [6, 6.07) is 9.87. The zero-order chi connectivity index (χ0) is 13.2. The van der Waals surface area contributed by atoms with Crippen LogP contribution in [0.4, 0.5) is 0 Å². The molecule has 5 heteroatoms. The van der Waals surface area contributed by atoms with E-state index in [1.807, 2.05) is 31.2 Å². The van der Waals surface area contributed by atoms with Crippen LogP contribution in [-0.2, 0) is 6.42 Å². The van der Waals surface area contributed by atoms with E-state index >= 15 is 0 Å². The molecule has 4 nitrogen and oxygen atoms in total. The second-order valence-corrected chi connectivity index (χ2v) is 5.49. The summed E-state index contributed by atoms with van der Waals surface area (Å²) in [7, 11) is 0. The number of fused-ring (bicyclic) bond motifs is 1. The van der Waals surface area contributed by atoms with Gasteiger partial charge in [0.1, 0.15) is 10.8 Å². The third-order valence-corrected chi connectivity index (χ3v) is 4.06. The molecule has 0 spiro atoms. The van der Waals surface area contributed by atoms with Crippen LogP contribution >= 0.6 is 11.3 Å². The average molecular weight is 270 g/mol. The summed E-state index contributed by atoms with van der Waals surface area (Å²) in [5, 5.41) is 0.956. The molecular formula is C14H14N4S. The lowest BCUT2D eigenvalue weighted by atomic mass is 10.2. The predicted molar refractivity (Wildman–Crippen MR) is 77.0 cm³/mol. The Hall–Kier alpha value is -1.85. The Morgan fingerprint density at radius 3 is 2.84 bits per heavy atom. The molecule has 0 saturated carbocycles. The number of aromatic nitrogens is 3. The Morgan fingerprint density at radius 2 is 2.05 bits per heavy atom. The van der Waals surface area contributed by atoms with Gasteiger partial charge < -0.3 is 5.73 Å². The van der Waals surface area contributed by atoms with Crippen LogP contribution in [0.3, 0.4) is 0 Å². The van der Waals surface area contributed by atoms with E-state index < -0.39 is 0 Å². The lowest BCUT2D eigenvalue weighted by molar-refractivity contribution is 0.697. The summed E-state index contributed by atoms with van der Waals surface area (Å²) in [6.07, 6.45) is 2.45. The van der Waals surface area contributed by atoms with Crippen LogP contribution in [0.2, 0.25) is 0 Å². The van der Waals surface area contributed by atoms with Crippen molar-refractivity contribution in [2.24, 2.45) is 5.73 Å². The van der Waals surface area contributed by atoms with E-state index in [2.05, 4.69) is 21.0 Å². The molecule has 0 amide bonds. The van der Waals surface area contributed by atoms with E-state index in [0.29, 0.717) is 6.42 Å². The molecule has 0 aliphatic heterocycles. The van der Waals surface area contributed by atoms with E-state index in [4.69, 9.17) is 5.73 Å². The number of thiazole rings is 1. The molecule has 2 N–H and O–H groups in total. The summed E-state index contributed by atoms with van der Waals surface area (Å²) >= 11 is 1.65. The molecule has 0 radical (unpaired) electrons. The number of hydrogen-bond donors (Lipinski definition) is 1. The van der Waals surface area contributed by atoms with Crippen molar-refractivity contribution in [3.63, 3.8) is 0 Å². The first-order chi connectivity index (χ1) is 9.22. The normalized spacial score (nSPS) is 12.7. The first-order valence-electron chi connectivity index (χ1n) is 6.12. The van der Waals surface area contributed by atoms with Crippen LogP contribution in [0.5, 0.6) is 0 Å². The van der Waals surface area contributed by atoms with Crippen molar-refractivity contribution >= 4 is 21.6 Å². The van der Waals surface area contributed by atoms with E-state index in [-0.39, 0.29) is 6.04 Å². The number of rotatable bonds is 3. The van der Waals surface area contributed by atoms with Gasteiger partial charge in [0.2, 0.25) is 0 Å². The summed E-state index contributed by atoms with van der Waals surface area (Å²) in [5.74, 6) is 0.772. The number of nitrogens with two attached hydrogens (primary N) is 1. The molecule has 19 heavy (non-hydrogen) atoms. The van der Waals surface area contributed by atoms with Crippen LogP contribution in [0, 0.1) is 6.92 Å². The lowest BCUT2D eigenvalue weighted by Crippen LogP contribution is -2.14. The fourth-order valence-electron chi connectivity index (χ4n) is 1.98. The second-order valence-electron chi connectivity index (χ2n) is 4.43. The Labute approximate surface area is 115 Å². The molecule has 2 aromatic heterocycles. The van der Waals surface area contributed by atoms with Crippen LogP contribution in [-0.4, -0.2) is 15.0 Å². The van der Waals surface area contributed by atoms with Crippen molar-refractivity contribution in [2.75, 3.05) is 0 Å². The molecule has 3 aromatic rings. The zero-order valence-electron chi connectivity index (χ0n) is 10.6. The minimum Gasteiger partial charge on any atom is -0.322 e. The molecular weight excluding hydrogens is 256 g/mol. The quantitative estimate of drug-likeness (QED) is 0.794. The van der Waals surface area contributed by atoms with E-state index in [9.17, 15) is 0 Å². The van der Waals surface area contributed by atoms with Gasteiger partial charge in [-0.1, -0.05) is 12.1 Å². The maximum Gasteiger partial charge on any atom is 0.125 e. The van der Waals surface area contributed by atoms with Crippen LogP contribution in [0.15, 0.2) is 36.5 Å². The molecule has 1 atom stereocenters. The minimum atomic E-state index is -0.119. The number of nitrogens with zero attached hydrogens (tertiary/aromatic N) is 3. The average Bonchev–Trinajstić information content (AvgIpc) is 2.82. The molecule has 0 saturated heterocycles. The molecule has 0 bridgehead atoms. The molecule has 96 valence electrons. The van der Waals surface area contributed by atoms with Gasteiger partial charge in [-0.15, -0.1) is 11.3 Å². The fraction of sp³-hybridized carbons (Fsp3) is 0.214. The van der Waals surface area contributed by atoms with Crippen molar-refractivity contribution in [3.05, 3.63) is 53.1 Å². The molecule has 2 heterocycles. The van der Waals surface area contributed by atoms with Crippen molar-refractivity contribution in [1.29, 1.82) is 0 Å². The Bertz CT molecular complexity index is 674. The number of para-hydroxylation sites is 1. The standard InChI is InChI=1S/C14H14N4S/c1-9-16-7-6-10(17-9)8-11(15)14-18-12-4-2-3-5-13(12)19-14/h2-7,11H,8,15H2,1H3. The topological polar surface area (TPSA) is 64.7 Å². The summed E-state index contributed by atoms with van der Waals surface area (Å²) in [5.41, 5.74) is 8.20. The second kappa shape index (κ2) is 5.03. The molecule has 1 aromatic carbocycles. The highest BCUT2D eigenvalue weighted by Gasteiger charge is 2.13. The Morgan fingerprint density at radius 1 is 1.21 bits per heavy atom. The highest BCUT2D eigenvalue weighted by Crippen LogP contribution is 2.26. The number of benzene rings is 1. The Kier molecular flexibility index (Phi) is 3.23. The van der Waals surface area contributed by atoms with Crippen molar-refractivity contribution < 1.29 is 0 Å². The summed E-state index contributed by atoms with van der Waals surface area (Å²) < 4.78 is 1.17. The zero-order valence-corrected chi connectivity index (χ0v) is 11.4. The van der Waals surface area contributed by atoms with Crippen LogP contribution < -0.4 is 5.73 Å². The van der Waals surface area contributed by atoms with E-state index in [1.165, 1.54) is 4.70 Å². The van der Waals surface area contributed by atoms with Crippen molar-refractivity contribution in [1.82, 2.24) is 15.0 Å². The van der Waals surface area contributed by atoms with Crippen molar-refractivity contribution in [2.45, 2.75) is 19.4 Å². The van der Waals surface area contributed by atoms with Gasteiger partial charge in [-0.3, -0.25) is 0 Å². The van der Waals surface area contributed by atoms with Gasteiger partial charge in [-0.2, -0.15) is 0 Å². The molecule has 0 fully saturated rings. The van der Waals surface area contributed by atoms with Gasteiger partial charge >= 0.3 is 0 Å². The first kappa shape index (κ1) is 12.2. The van der Waals surface area contributed by atoms with Gasteiger partial charge in [-0.05, 0) is 25.1 Å². The maximum absolute atomic E-state index is 6.23. The highest BCUT2D eigenvalue weighted by atomic mass is 32.1. The third-order valence-electron chi connectivity index (χ3n) is 2.89. The highest BCUT2D eigenvalue weighted by molar-refractivity contribution is 7.18. The molecule has 0 aliphatic carbocycles. The number of hydrogen-bond acceptors (Lipinski definition) is 5. The SMILES string of the molecule is Cc1nccc(CC(N)c2nc3ccccc3s2)n1. The van der Waals surface area contributed by atoms with E-state index in [0.717, 1.165) is 22.0 Å². The lowest BCUT2D eigenvalue weighted by Gasteiger charge is -2.07.